The summed E-state index contributed by atoms with van der Waals surface area (Å²) >= 11 is 1.49. The molecule has 148 valence electrons. The zero-order chi connectivity index (χ0) is 19.2. The molecular formula is C21H24N2O4S. The molecule has 4 fully saturated rings. The second kappa shape index (κ2) is 5.89. The van der Waals surface area contributed by atoms with E-state index in [0.717, 1.165) is 50.5 Å². The highest BCUT2D eigenvalue weighted by atomic mass is 32.1. The van der Waals surface area contributed by atoms with E-state index in [0.29, 0.717) is 16.5 Å². The summed E-state index contributed by atoms with van der Waals surface area (Å²) in [6.07, 6.45) is 6.27. The lowest BCUT2D eigenvalue weighted by Crippen LogP contribution is -2.36. The van der Waals surface area contributed by atoms with Crippen LogP contribution >= 0.6 is 11.3 Å². The zero-order valence-corrected chi connectivity index (χ0v) is 16.7. The summed E-state index contributed by atoms with van der Waals surface area (Å²) < 4.78 is 5.85. The van der Waals surface area contributed by atoms with Crippen LogP contribution in [0.25, 0.3) is 0 Å². The van der Waals surface area contributed by atoms with E-state index in [1.54, 1.807) is 0 Å². The summed E-state index contributed by atoms with van der Waals surface area (Å²) in [4.78, 5) is 42.2. The molecule has 5 aliphatic rings. The van der Waals surface area contributed by atoms with E-state index in [9.17, 15) is 14.4 Å². The molecule has 28 heavy (non-hydrogen) atoms. The van der Waals surface area contributed by atoms with Crippen molar-refractivity contribution >= 4 is 34.1 Å². The van der Waals surface area contributed by atoms with Gasteiger partial charge in [-0.3, -0.25) is 14.4 Å². The molecule has 5 atom stereocenters. The Morgan fingerprint density at radius 3 is 2.39 bits per heavy atom. The van der Waals surface area contributed by atoms with E-state index in [-0.39, 0.29) is 47.8 Å². The Kier molecular flexibility index (Phi) is 3.61. The predicted molar refractivity (Wildman–Crippen MR) is 103 cm³/mol. The summed E-state index contributed by atoms with van der Waals surface area (Å²) in [5.74, 6) is -0.579. The molecule has 3 aliphatic heterocycles. The van der Waals surface area contributed by atoms with Crippen LogP contribution < -0.4 is 10.2 Å². The number of nitrogens with one attached hydrogen (secondary N) is 1. The number of carbonyl (C=O) groups is 3. The summed E-state index contributed by atoms with van der Waals surface area (Å²) in [7, 11) is 0. The van der Waals surface area contributed by atoms with Crippen LogP contribution in [0, 0.1) is 17.8 Å². The number of hydrogen-bond acceptors (Lipinski definition) is 5. The number of imide groups is 1. The molecule has 0 radical (unpaired) electrons. The third-order valence-corrected chi connectivity index (χ3v) is 8.36. The van der Waals surface area contributed by atoms with Gasteiger partial charge in [0.15, 0.2) is 0 Å². The fraction of sp³-hybridized carbons (Fsp3) is 0.667. The smallest absolute Gasteiger partial charge is 0.254 e. The Labute approximate surface area is 167 Å². The molecule has 3 amide bonds. The van der Waals surface area contributed by atoms with Crippen molar-refractivity contribution < 1.29 is 19.1 Å². The van der Waals surface area contributed by atoms with Gasteiger partial charge in [-0.1, -0.05) is 6.92 Å². The van der Waals surface area contributed by atoms with Crippen molar-refractivity contribution in [1.82, 2.24) is 5.32 Å². The second-order valence-corrected chi connectivity index (χ2v) is 10.2. The second-order valence-electron chi connectivity index (χ2n) is 9.13. The Hall–Kier alpha value is -1.73. The van der Waals surface area contributed by atoms with Gasteiger partial charge in [0.1, 0.15) is 5.00 Å². The minimum absolute atomic E-state index is 0.110. The first kappa shape index (κ1) is 17.2. The molecule has 2 bridgehead atoms. The number of ether oxygens (including phenoxy) is 1. The molecule has 4 heterocycles. The number of nitrogens with zero attached hydrogens (tertiary/aromatic N) is 1. The van der Waals surface area contributed by atoms with E-state index in [1.165, 1.54) is 21.1 Å². The number of carbonyl (C=O) groups excluding carboxylic acids is 3. The number of fused-ring (bicyclic) bond motifs is 6. The van der Waals surface area contributed by atoms with Crippen LogP contribution in [0.2, 0.25) is 0 Å². The van der Waals surface area contributed by atoms with Crippen molar-refractivity contribution in [2.24, 2.45) is 17.8 Å². The summed E-state index contributed by atoms with van der Waals surface area (Å²) in [5, 5.41) is 3.66. The number of hydrogen-bond donors (Lipinski definition) is 1. The lowest BCUT2D eigenvalue weighted by Gasteiger charge is -2.19. The SMILES string of the molecule is C[C@H]1CCc2c(sc(N3C(=O)[C@@H]4[C@H](C3=O)[C@H]3CC[C@H]4O3)c2C(=O)NC2CC2)C1. The molecule has 1 saturated carbocycles. The van der Waals surface area contributed by atoms with E-state index in [1.807, 2.05) is 0 Å². The van der Waals surface area contributed by atoms with Crippen molar-refractivity contribution in [3.05, 3.63) is 16.0 Å². The van der Waals surface area contributed by atoms with Gasteiger partial charge < -0.3 is 10.1 Å². The van der Waals surface area contributed by atoms with E-state index >= 15 is 0 Å². The van der Waals surface area contributed by atoms with Crippen molar-refractivity contribution in [3.8, 4) is 0 Å². The van der Waals surface area contributed by atoms with Gasteiger partial charge in [-0.2, -0.15) is 0 Å². The van der Waals surface area contributed by atoms with Gasteiger partial charge >= 0.3 is 0 Å². The topological polar surface area (TPSA) is 75.7 Å². The van der Waals surface area contributed by atoms with Gasteiger partial charge in [0.05, 0.1) is 29.6 Å². The zero-order valence-electron chi connectivity index (χ0n) is 15.9. The van der Waals surface area contributed by atoms with Crippen LogP contribution in [-0.4, -0.2) is 36.0 Å². The van der Waals surface area contributed by atoms with Crippen molar-refractivity contribution in [1.29, 1.82) is 0 Å². The molecule has 0 unspecified atom stereocenters. The first-order chi connectivity index (χ1) is 13.5. The van der Waals surface area contributed by atoms with Gasteiger partial charge in [-0.25, -0.2) is 4.90 Å². The third kappa shape index (κ3) is 2.32. The van der Waals surface area contributed by atoms with Crippen LogP contribution in [-0.2, 0) is 27.2 Å². The van der Waals surface area contributed by atoms with Crippen LogP contribution in [0.15, 0.2) is 0 Å². The first-order valence-corrected chi connectivity index (χ1v) is 11.3. The van der Waals surface area contributed by atoms with Gasteiger partial charge in [-0.05, 0) is 56.4 Å². The highest BCUT2D eigenvalue weighted by Gasteiger charge is 2.63. The fourth-order valence-corrected chi connectivity index (χ4v) is 7.04. The highest BCUT2D eigenvalue weighted by molar-refractivity contribution is 7.17. The van der Waals surface area contributed by atoms with Crippen LogP contribution in [0.3, 0.4) is 0 Å². The maximum Gasteiger partial charge on any atom is 0.254 e. The minimum Gasteiger partial charge on any atom is -0.373 e. The largest absolute Gasteiger partial charge is 0.373 e. The Balaban J connectivity index is 1.43. The van der Waals surface area contributed by atoms with Gasteiger partial charge in [-0.15, -0.1) is 11.3 Å². The number of thiophene rings is 1. The monoisotopic (exact) mass is 400 g/mol. The molecule has 6 rings (SSSR count). The standard InChI is InChI=1S/C21H24N2O4S/c1-9-2-5-11-14(8-9)28-21(15(11)18(24)22-10-3-4-10)23-19(25)16-12-6-7-13(27-12)17(16)20(23)26/h9-10,12-13,16-17H,2-8H2,1H3,(H,22,24)/t9-,12+,13+,16-,17+/m0/s1. The van der Waals surface area contributed by atoms with E-state index < -0.39 is 0 Å². The third-order valence-electron chi connectivity index (χ3n) is 7.12. The molecule has 7 heteroatoms. The van der Waals surface area contributed by atoms with E-state index in [2.05, 4.69) is 12.2 Å². The summed E-state index contributed by atoms with van der Waals surface area (Å²) in [6.45, 7) is 2.22. The molecule has 0 aromatic carbocycles. The fourth-order valence-electron chi connectivity index (χ4n) is 5.53. The molecule has 1 aromatic heterocycles. The predicted octanol–water partition coefficient (Wildman–Crippen LogP) is 2.43. The Morgan fingerprint density at radius 2 is 1.75 bits per heavy atom. The average molecular weight is 401 g/mol. The Morgan fingerprint density at radius 1 is 1.07 bits per heavy atom. The average Bonchev–Trinajstić information content (AvgIpc) is 3.03. The van der Waals surface area contributed by atoms with Crippen LogP contribution in [0.4, 0.5) is 5.00 Å². The molecular weight excluding hydrogens is 376 g/mol. The lowest BCUT2D eigenvalue weighted by atomic mass is 9.81. The molecule has 3 saturated heterocycles. The Bertz CT molecular complexity index is 876. The number of amides is 3. The van der Waals surface area contributed by atoms with Crippen molar-refractivity contribution in [3.63, 3.8) is 0 Å². The minimum atomic E-state index is -0.358. The summed E-state index contributed by atoms with van der Waals surface area (Å²) in [6, 6.07) is 0.243. The normalized spacial score (nSPS) is 36.0. The maximum absolute atomic E-state index is 13.3. The van der Waals surface area contributed by atoms with Crippen molar-refractivity contribution in [2.75, 3.05) is 4.90 Å². The van der Waals surface area contributed by atoms with Crippen molar-refractivity contribution in [2.45, 2.75) is 70.1 Å². The quantitative estimate of drug-likeness (QED) is 0.791. The number of anilines is 1. The summed E-state index contributed by atoms with van der Waals surface area (Å²) in [5.41, 5.74) is 1.65. The number of rotatable bonds is 3. The van der Waals surface area contributed by atoms with Gasteiger partial charge in [0.2, 0.25) is 11.8 Å². The lowest BCUT2D eigenvalue weighted by molar-refractivity contribution is -0.124. The van der Waals surface area contributed by atoms with Crippen LogP contribution in [0.1, 0.15) is 59.8 Å². The molecule has 6 nitrogen and oxygen atoms in total. The van der Waals surface area contributed by atoms with Gasteiger partial charge in [0, 0.05) is 10.9 Å². The maximum atomic E-state index is 13.3. The molecule has 1 aromatic rings. The highest BCUT2D eigenvalue weighted by Crippen LogP contribution is 2.52. The van der Waals surface area contributed by atoms with E-state index in [4.69, 9.17) is 4.74 Å². The van der Waals surface area contributed by atoms with Gasteiger partial charge in [0.25, 0.3) is 5.91 Å². The molecule has 1 N–H and O–H groups in total. The molecule has 2 aliphatic carbocycles. The first-order valence-electron chi connectivity index (χ1n) is 10.5. The molecule has 0 spiro atoms. The van der Waals surface area contributed by atoms with Crippen LogP contribution in [0.5, 0.6) is 0 Å².